The van der Waals surface area contributed by atoms with Crippen LogP contribution in [-0.2, 0) is 9.59 Å². The second-order valence-electron chi connectivity index (χ2n) is 4.64. The van der Waals surface area contributed by atoms with Gasteiger partial charge in [0.15, 0.2) is 0 Å². The maximum absolute atomic E-state index is 11.6. The van der Waals surface area contributed by atoms with Gasteiger partial charge in [0.2, 0.25) is 11.8 Å². The van der Waals surface area contributed by atoms with Gasteiger partial charge in [-0.2, -0.15) is 0 Å². The van der Waals surface area contributed by atoms with Gasteiger partial charge in [-0.05, 0) is 25.2 Å². The standard InChI is InChI=1S/C11H17NO2/c1-7-6-9(8-4-2-3-5-8)11(14)12-10(7)13/h7-9H,2-6H2,1H3,(H,12,13,14). The third-order valence-electron chi connectivity index (χ3n) is 3.61. The zero-order valence-corrected chi connectivity index (χ0v) is 8.58. The number of amides is 2. The first-order valence-corrected chi connectivity index (χ1v) is 5.53. The van der Waals surface area contributed by atoms with Crippen LogP contribution in [0.3, 0.4) is 0 Å². The first kappa shape index (κ1) is 9.69. The summed E-state index contributed by atoms with van der Waals surface area (Å²) >= 11 is 0. The molecular formula is C11H17NO2. The smallest absolute Gasteiger partial charge is 0.229 e. The van der Waals surface area contributed by atoms with Crippen LogP contribution in [0.25, 0.3) is 0 Å². The molecule has 1 saturated carbocycles. The van der Waals surface area contributed by atoms with E-state index in [1.807, 2.05) is 6.92 Å². The van der Waals surface area contributed by atoms with E-state index in [9.17, 15) is 9.59 Å². The van der Waals surface area contributed by atoms with Gasteiger partial charge in [0.1, 0.15) is 0 Å². The number of rotatable bonds is 1. The summed E-state index contributed by atoms with van der Waals surface area (Å²) in [5, 5.41) is 2.48. The molecule has 2 fully saturated rings. The number of hydrogen-bond acceptors (Lipinski definition) is 2. The molecule has 2 aliphatic rings. The molecule has 3 nitrogen and oxygen atoms in total. The van der Waals surface area contributed by atoms with Crippen LogP contribution in [-0.4, -0.2) is 11.8 Å². The zero-order chi connectivity index (χ0) is 10.1. The van der Waals surface area contributed by atoms with Gasteiger partial charge in [-0.25, -0.2) is 0 Å². The minimum atomic E-state index is -0.0933. The normalized spacial score (nSPS) is 34.6. The highest BCUT2D eigenvalue weighted by molar-refractivity contribution is 5.99. The molecule has 2 rings (SSSR count). The van der Waals surface area contributed by atoms with Crippen molar-refractivity contribution in [2.24, 2.45) is 17.8 Å². The Balaban J connectivity index is 2.04. The van der Waals surface area contributed by atoms with E-state index in [0.717, 1.165) is 6.42 Å². The van der Waals surface area contributed by atoms with Crippen molar-refractivity contribution in [3.05, 3.63) is 0 Å². The Bertz CT molecular complexity index is 256. The predicted molar refractivity (Wildman–Crippen MR) is 52.4 cm³/mol. The Labute approximate surface area is 84.2 Å². The molecule has 0 aromatic carbocycles. The molecule has 2 amide bonds. The van der Waals surface area contributed by atoms with Crippen LogP contribution >= 0.6 is 0 Å². The Kier molecular flexibility index (Phi) is 2.57. The molecule has 78 valence electrons. The molecule has 1 aliphatic carbocycles. The second kappa shape index (κ2) is 3.71. The lowest BCUT2D eigenvalue weighted by molar-refractivity contribution is -0.140. The van der Waals surface area contributed by atoms with E-state index >= 15 is 0 Å². The quantitative estimate of drug-likeness (QED) is 0.644. The van der Waals surface area contributed by atoms with E-state index in [2.05, 4.69) is 5.32 Å². The highest BCUT2D eigenvalue weighted by Gasteiger charge is 2.37. The van der Waals surface area contributed by atoms with Crippen molar-refractivity contribution < 1.29 is 9.59 Å². The molecule has 1 saturated heterocycles. The molecule has 0 aromatic heterocycles. The van der Waals surface area contributed by atoms with Crippen molar-refractivity contribution >= 4 is 11.8 Å². The van der Waals surface area contributed by atoms with Gasteiger partial charge in [0, 0.05) is 11.8 Å². The molecule has 0 bridgehead atoms. The predicted octanol–water partition coefficient (Wildman–Crippen LogP) is 1.48. The Hall–Kier alpha value is -0.860. The van der Waals surface area contributed by atoms with Crippen molar-refractivity contribution in [2.45, 2.75) is 39.0 Å². The highest BCUT2D eigenvalue weighted by Crippen LogP contribution is 2.36. The summed E-state index contributed by atoms with van der Waals surface area (Å²) in [5.41, 5.74) is 0. The monoisotopic (exact) mass is 195 g/mol. The largest absolute Gasteiger partial charge is 0.296 e. The lowest BCUT2D eigenvalue weighted by atomic mass is 9.80. The first-order chi connectivity index (χ1) is 6.68. The topological polar surface area (TPSA) is 46.2 Å². The number of piperidine rings is 1. The summed E-state index contributed by atoms with van der Waals surface area (Å²) < 4.78 is 0. The summed E-state index contributed by atoms with van der Waals surface area (Å²) in [4.78, 5) is 22.8. The minimum absolute atomic E-state index is 0.0123. The van der Waals surface area contributed by atoms with E-state index in [0.29, 0.717) is 5.92 Å². The molecule has 0 spiro atoms. The molecule has 1 N–H and O–H groups in total. The van der Waals surface area contributed by atoms with Gasteiger partial charge >= 0.3 is 0 Å². The maximum atomic E-state index is 11.6. The average Bonchev–Trinajstić information content (AvgIpc) is 2.64. The van der Waals surface area contributed by atoms with Crippen LogP contribution in [0, 0.1) is 17.8 Å². The fourth-order valence-electron chi connectivity index (χ4n) is 2.70. The van der Waals surface area contributed by atoms with Gasteiger partial charge in [-0.15, -0.1) is 0 Å². The molecule has 3 heteroatoms. The van der Waals surface area contributed by atoms with E-state index in [-0.39, 0.29) is 23.7 Å². The van der Waals surface area contributed by atoms with Crippen LogP contribution in [0.4, 0.5) is 0 Å². The minimum Gasteiger partial charge on any atom is -0.296 e. The number of imide groups is 1. The molecule has 0 aromatic rings. The molecular weight excluding hydrogens is 178 g/mol. The van der Waals surface area contributed by atoms with Crippen LogP contribution in [0.1, 0.15) is 39.0 Å². The summed E-state index contributed by atoms with van der Waals surface area (Å²) in [6.07, 6.45) is 5.58. The fourth-order valence-corrected chi connectivity index (χ4v) is 2.70. The molecule has 0 radical (unpaired) electrons. The van der Waals surface area contributed by atoms with Crippen molar-refractivity contribution in [3.63, 3.8) is 0 Å². The molecule has 2 unspecified atom stereocenters. The maximum Gasteiger partial charge on any atom is 0.229 e. The van der Waals surface area contributed by atoms with Gasteiger partial charge in [0.05, 0.1) is 0 Å². The van der Waals surface area contributed by atoms with Gasteiger partial charge in [-0.1, -0.05) is 19.8 Å². The summed E-state index contributed by atoms with van der Waals surface area (Å²) in [5.74, 6) is 0.526. The van der Waals surface area contributed by atoms with Crippen LogP contribution in [0.5, 0.6) is 0 Å². The molecule has 2 atom stereocenters. The van der Waals surface area contributed by atoms with Crippen LogP contribution in [0.2, 0.25) is 0 Å². The third-order valence-corrected chi connectivity index (χ3v) is 3.61. The van der Waals surface area contributed by atoms with Crippen molar-refractivity contribution in [2.75, 3.05) is 0 Å². The lowest BCUT2D eigenvalue weighted by Crippen LogP contribution is -2.47. The summed E-state index contributed by atoms with van der Waals surface area (Å²) in [6, 6.07) is 0. The Morgan fingerprint density at radius 3 is 2.43 bits per heavy atom. The van der Waals surface area contributed by atoms with Gasteiger partial charge in [0.25, 0.3) is 0 Å². The first-order valence-electron chi connectivity index (χ1n) is 5.53. The van der Waals surface area contributed by atoms with E-state index in [1.54, 1.807) is 0 Å². The fraction of sp³-hybridized carbons (Fsp3) is 0.818. The highest BCUT2D eigenvalue weighted by atomic mass is 16.2. The van der Waals surface area contributed by atoms with Crippen LogP contribution < -0.4 is 5.32 Å². The number of carbonyl (C=O) groups excluding carboxylic acids is 2. The molecule has 1 aliphatic heterocycles. The van der Waals surface area contributed by atoms with E-state index < -0.39 is 0 Å². The van der Waals surface area contributed by atoms with Crippen LogP contribution in [0.15, 0.2) is 0 Å². The lowest BCUT2D eigenvalue weighted by Gasteiger charge is -2.29. The van der Waals surface area contributed by atoms with Crippen molar-refractivity contribution in [1.29, 1.82) is 0 Å². The number of hydrogen-bond donors (Lipinski definition) is 1. The van der Waals surface area contributed by atoms with Gasteiger partial charge in [-0.3, -0.25) is 14.9 Å². The summed E-state index contributed by atoms with van der Waals surface area (Å²) in [7, 11) is 0. The molecule has 14 heavy (non-hydrogen) atoms. The van der Waals surface area contributed by atoms with Crippen molar-refractivity contribution in [1.82, 2.24) is 5.32 Å². The Morgan fingerprint density at radius 2 is 1.79 bits per heavy atom. The third kappa shape index (κ3) is 1.68. The number of nitrogens with one attached hydrogen (secondary N) is 1. The Morgan fingerprint density at radius 1 is 1.14 bits per heavy atom. The van der Waals surface area contributed by atoms with Gasteiger partial charge < -0.3 is 0 Å². The summed E-state index contributed by atoms with van der Waals surface area (Å²) in [6.45, 7) is 1.91. The van der Waals surface area contributed by atoms with E-state index in [1.165, 1.54) is 25.7 Å². The molecule has 1 heterocycles. The van der Waals surface area contributed by atoms with Crippen molar-refractivity contribution in [3.8, 4) is 0 Å². The SMILES string of the molecule is CC1CC(C2CCCC2)C(=O)NC1=O. The second-order valence-corrected chi connectivity index (χ2v) is 4.64. The number of carbonyl (C=O) groups is 2. The zero-order valence-electron chi connectivity index (χ0n) is 8.58. The van der Waals surface area contributed by atoms with E-state index in [4.69, 9.17) is 0 Å². The average molecular weight is 195 g/mol.